The first-order valence-electron chi connectivity index (χ1n) is 10.6. The van der Waals surface area contributed by atoms with Crippen LogP contribution in [0.5, 0.6) is 0 Å². The van der Waals surface area contributed by atoms with Gasteiger partial charge in [-0.25, -0.2) is 4.79 Å². The van der Waals surface area contributed by atoms with E-state index in [1.54, 1.807) is 20.4 Å². The summed E-state index contributed by atoms with van der Waals surface area (Å²) in [5, 5.41) is 10.6. The maximum atomic E-state index is 13.0. The number of nitrogens with zero attached hydrogens (tertiary/aromatic N) is 4. The van der Waals surface area contributed by atoms with Crippen molar-refractivity contribution in [2.75, 3.05) is 31.5 Å². The minimum Gasteiger partial charge on any atom is -0.338 e. The minimum absolute atomic E-state index is 0.0637. The molecule has 1 aromatic heterocycles. The van der Waals surface area contributed by atoms with Gasteiger partial charge in [-0.3, -0.25) is 14.5 Å². The zero-order valence-corrected chi connectivity index (χ0v) is 20.0. The van der Waals surface area contributed by atoms with E-state index in [9.17, 15) is 9.59 Å². The number of H-pyrrole nitrogens is 1. The molecule has 1 fully saturated rings. The quantitative estimate of drug-likeness (QED) is 0.542. The van der Waals surface area contributed by atoms with E-state index in [0.717, 1.165) is 16.7 Å². The summed E-state index contributed by atoms with van der Waals surface area (Å²) in [6.45, 7) is 5.80. The van der Waals surface area contributed by atoms with Gasteiger partial charge in [0.05, 0.1) is 0 Å². The van der Waals surface area contributed by atoms with E-state index < -0.39 is 0 Å². The molecule has 0 radical (unpaired) electrons. The summed E-state index contributed by atoms with van der Waals surface area (Å²) < 4.78 is 2.11. The first-order valence-corrected chi connectivity index (χ1v) is 11.4. The Balaban J connectivity index is 1.36. The van der Waals surface area contributed by atoms with Crippen molar-refractivity contribution in [1.29, 1.82) is 0 Å². The summed E-state index contributed by atoms with van der Waals surface area (Å²) >= 11 is 11.5. The predicted molar refractivity (Wildman–Crippen MR) is 131 cm³/mol. The largest absolute Gasteiger partial charge is 0.338 e. The van der Waals surface area contributed by atoms with Gasteiger partial charge in [-0.05, 0) is 43.8 Å². The number of halogens is 1. The number of aromatic amines is 1. The molecular weight excluding hydrogens is 460 g/mol. The first-order chi connectivity index (χ1) is 15.8. The summed E-state index contributed by atoms with van der Waals surface area (Å²) in [6, 6.07) is 13.1. The number of amides is 3. The van der Waals surface area contributed by atoms with Crippen molar-refractivity contribution in [3.63, 3.8) is 0 Å². The van der Waals surface area contributed by atoms with Crippen LogP contribution in [0.3, 0.4) is 0 Å². The highest BCUT2D eigenvalue weighted by atomic mass is 35.5. The molecule has 4 rings (SSSR count). The van der Waals surface area contributed by atoms with Crippen molar-refractivity contribution in [1.82, 2.24) is 24.6 Å². The molecule has 33 heavy (non-hydrogen) atoms. The number of anilines is 1. The SMILES string of the molecule is Cc1ccc(-c2n[nH]c(=S)n2CC(=O)N2CCN(C(=O)Nc3ccc(C)c(Cl)c3)CC2)cc1. The molecule has 1 saturated heterocycles. The molecule has 3 aromatic rings. The van der Waals surface area contributed by atoms with Gasteiger partial charge in [0.15, 0.2) is 10.6 Å². The van der Waals surface area contributed by atoms with Crippen LogP contribution in [0.15, 0.2) is 42.5 Å². The van der Waals surface area contributed by atoms with Crippen LogP contribution < -0.4 is 5.32 Å². The van der Waals surface area contributed by atoms with E-state index in [4.69, 9.17) is 23.8 Å². The van der Waals surface area contributed by atoms with Crippen molar-refractivity contribution in [3.8, 4) is 11.4 Å². The van der Waals surface area contributed by atoms with Crippen LogP contribution in [0.25, 0.3) is 11.4 Å². The summed E-state index contributed by atoms with van der Waals surface area (Å²) in [6.07, 6.45) is 0. The van der Waals surface area contributed by atoms with Gasteiger partial charge in [-0.1, -0.05) is 47.5 Å². The van der Waals surface area contributed by atoms with Crippen molar-refractivity contribution in [2.45, 2.75) is 20.4 Å². The van der Waals surface area contributed by atoms with E-state index in [1.165, 1.54) is 0 Å². The molecule has 172 valence electrons. The molecule has 0 bridgehead atoms. The maximum absolute atomic E-state index is 13.0. The van der Waals surface area contributed by atoms with Crippen molar-refractivity contribution >= 4 is 41.4 Å². The smallest absolute Gasteiger partial charge is 0.321 e. The molecular formula is C23H25ClN6O2S. The fourth-order valence-corrected chi connectivity index (χ4v) is 4.03. The highest BCUT2D eigenvalue weighted by Crippen LogP contribution is 2.21. The van der Waals surface area contributed by atoms with Gasteiger partial charge in [-0.2, -0.15) is 5.10 Å². The molecule has 0 saturated carbocycles. The van der Waals surface area contributed by atoms with Crippen LogP contribution in [0, 0.1) is 18.6 Å². The van der Waals surface area contributed by atoms with E-state index in [2.05, 4.69) is 15.5 Å². The van der Waals surface area contributed by atoms with Crippen LogP contribution in [-0.4, -0.2) is 62.7 Å². The standard InChI is InChI=1S/C23H25ClN6O2S/c1-15-3-6-17(7-4-15)21-26-27-23(33)30(21)14-20(31)28-9-11-29(12-10-28)22(32)25-18-8-5-16(2)19(24)13-18/h3-8,13H,9-12,14H2,1-2H3,(H,25,32)(H,27,33). The fraction of sp³-hybridized carbons (Fsp3) is 0.304. The summed E-state index contributed by atoms with van der Waals surface area (Å²) in [5.74, 6) is 0.564. The summed E-state index contributed by atoms with van der Waals surface area (Å²) in [4.78, 5) is 29.0. The van der Waals surface area contributed by atoms with E-state index in [1.807, 2.05) is 50.2 Å². The Morgan fingerprint density at radius 2 is 1.73 bits per heavy atom. The molecule has 10 heteroatoms. The van der Waals surface area contributed by atoms with Gasteiger partial charge < -0.3 is 15.1 Å². The molecule has 0 unspecified atom stereocenters. The number of carbonyl (C=O) groups is 2. The lowest BCUT2D eigenvalue weighted by Crippen LogP contribution is -2.52. The Morgan fingerprint density at radius 1 is 1.06 bits per heavy atom. The Bertz CT molecular complexity index is 1230. The Kier molecular flexibility index (Phi) is 6.80. The number of nitrogens with one attached hydrogen (secondary N) is 2. The normalized spacial score (nSPS) is 13.8. The zero-order chi connectivity index (χ0) is 23.5. The second-order valence-electron chi connectivity index (χ2n) is 8.07. The Labute approximate surface area is 202 Å². The topological polar surface area (TPSA) is 86.3 Å². The number of aromatic nitrogens is 3. The summed E-state index contributed by atoms with van der Waals surface area (Å²) in [5.41, 5.74) is 3.62. The number of aryl methyl sites for hydroxylation is 2. The number of benzene rings is 2. The molecule has 3 amide bonds. The van der Waals surface area contributed by atoms with Crippen LogP contribution in [0.2, 0.25) is 5.02 Å². The molecule has 2 N–H and O–H groups in total. The average Bonchev–Trinajstić information content (AvgIpc) is 3.17. The molecule has 2 aromatic carbocycles. The minimum atomic E-state index is -0.208. The molecule has 1 aliphatic rings. The Morgan fingerprint density at radius 3 is 2.39 bits per heavy atom. The molecule has 0 spiro atoms. The molecule has 1 aliphatic heterocycles. The second kappa shape index (κ2) is 9.76. The monoisotopic (exact) mass is 484 g/mol. The predicted octanol–water partition coefficient (Wildman–Crippen LogP) is 4.25. The first kappa shape index (κ1) is 23.0. The molecule has 8 nitrogen and oxygen atoms in total. The molecule has 2 heterocycles. The van der Waals surface area contributed by atoms with Crippen molar-refractivity contribution < 1.29 is 9.59 Å². The number of urea groups is 1. The lowest BCUT2D eigenvalue weighted by atomic mass is 10.1. The van der Waals surface area contributed by atoms with Crippen molar-refractivity contribution in [3.05, 3.63) is 63.4 Å². The van der Waals surface area contributed by atoms with Gasteiger partial charge in [0.1, 0.15) is 6.54 Å². The maximum Gasteiger partial charge on any atom is 0.321 e. The zero-order valence-electron chi connectivity index (χ0n) is 18.5. The number of hydrogen-bond acceptors (Lipinski definition) is 4. The number of rotatable bonds is 4. The van der Waals surface area contributed by atoms with Crippen LogP contribution in [0.1, 0.15) is 11.1 Å². The second-order valence-corrected chi connectivity index (χ2v) is 8.86. The van der Waals surface area contributed by atoms with Crippen molar-refractivity contribution in [2.24, 2.45) is 0 Å². The molecule has 0 atom stereocenters. The Hall–Kier alpha value is -3.17. The highest BCUT2D eigenvalue weighted by molar-refractivity contribution is 7.71. The third kappa shape index (κ3) is 5.26. The number of hydrogen-bond donors (Lipinski definition) is 2. The number of piperazine rings is 1. The van der Waals surface area contributed by atoms with E-state index in [-0.39, 0.29) is 18.5 Å². The average molecular weight is 485 g/mol. The third-order valence-electron chi connectivity index (χ3n) is 5.70. The van der Waals surface area contributed by atoms with Crippen LogP contribution in [-0.2, 0) is 11.3 Å². The fourth-order valence-electron chi connectivity index (χ4n) is 3.65. The van der Waals surface area contributed by atoms with Crippen LogP contribution >= 0.6 is 23.8 Å². The van der Waals surface area contributed by atoms with Gasteiger partial charge in [0.2, 0.25) is 5.91 Å². The highest BCUT2D eigenvalue weighted by Gasteiger charge is 2.25. The van der Waals surface area contributed by atoms with E-state index in [0.29, 0.717) is 47.5 Å². The summed E-state index contributed by atoms with van der Waals surface area (Å²) in [7, 11) is 0. The van der Waals surface area contributed by atoms with Gasteiger partial charge in [0.25, 0.3) is 0 Å². The number of carbonyl (C=O) groups excluding carboxylic acids is 2. The van der Waals surface area contributed by atoms with Gasteiger partial charge in [-0.15, -0.1) is 0 Å². The van der Waals surface area contributed by atoms with E-state index >= 15 is 0 Å². The van der Waals surface area contributed by atoms with Gasteiger partial charge in [0, 0.05) is 42.5 Å². The lowest BCUT2D eigenvalue weighted by molar-refractivity contribution is -0.133. The van der Waals surface area contributed by atoms with Crippen LogP contribution in [0.4, 0.5) is 10.5 Å². The third-order valence-corrected chi connectivity index (χ3v) is 6.42. The molecule has 0 aliphatic carbocycles. The lowest BCUT2D eigenvalue weighted by Gasteiger charge is -2.34. The van der Waals surface area contributed by atoms with Gasteiger partial charge >= 0.3 is 6.03 Å².